The third-order valence-corrected chi connectivity index (χ3v) is 3.39. The number of carbonyl (C=O) groups excluding carboxylic acids is 1. The molecule has 2 rings (SSSR count). The van der Waals surface area contributed by atoms with E-state index >= 15 is 0 Å². The number of carbonyl (C=O) groups is 1. The fraction of sp³-hybridized carbons (Fsp3) is 0.125. The quantitative estimate of drug-likeness (QED) is 0.899. The lowest BCUT2D eigenvalue weighted by atomic mass is 10.1. The number of nitrogens with zero attached hydrogens (tertiary/aromatic N) is 1. The molecule has 0 aromatic heterocycles. The fourth-order valence-corrected chi connectivity index (χ4v) is 2.08. The summed E-state index contributed by atoms with van der Waals surface area (Å²) in [6.07, 6.45) is 0. The molecule has 4 nitrogen and oxygen atoms in total. The molecule has 0 fully saturated rings. The van der Waals surface area contributed by atoms with Gasteiger partial charge in [0.05, 0.1) is 11.6 Å². The van der Waals surface area contributed by atoms with Gasteiger partial charge in [-0.1, -0.05) is 22.0 Å². The van der Waals surface area contributed by atoms with E-state index < -0.39 is 11.7 Å². The summed E-state index contributed by atoms with van der Waals surface area (Å²) in [6.45, 7) is 1.49. The zero-order chi connectivity index (χ0) is 16.1. The number of nitrogens with one attached hydrogen (secondary N) is 1. The highest BCUT2D eigenvalue weighted by Crippen LogP contribution is 2.21. The van der Waals surface area contributed by atoms with Crippen LogP contribution in [0.2, 0.25) is 0 Å². The number of amides is 1. The first-order chi connectivity index (χ1) is 10.5. The summed E-state index contributed by atoms with van der Waals surface area (Å²) in [7, 11) is 0. The number of halogens is 2. The van der Waals surface area contributed by atoms with Gasteiger partial charge in [-0.3, -0.25) is 4.79 Å². The van der Waals surface area contributed by atoms with Gasteiger partial charge in [-0.05, 0) is 42.8 Å². The highest BCUT2D eigenvalue weighted by atomic mass is 79.9. The summed E-state index contributed by atoms with van der Waals surface area (Å²) in [5, 5.41) is 11.5. The van der Waals surface area contributed by atoms with Crippen molar-refractivity contribution >= 4 is 27.5 Å². The lowest BCUT2D eigenvalue weighted by molar-refractivity contribution is -0.118. The largest absolute Gasteiger partial charge is 0.481 e. The van der Waals surface area contributed by atoms with Crippen LogP contribution in [0.1, 0.15) is 11.1 Å². The number of benzene rings is 2. The summed E-state index contributed by atoms with van der Waals surface area (Å²) < 4.78 is 19.3. The Morgan fingerprint density at radius 2 is 2.14 bits per heavy atom. The van der Waals surface area contributed by atoms with E-state index in [1.165, 1.54) is 12.1 Å². The molecule has 0 aliphatic carbocycles. The molecule has 0 aliphatic rings. The Balaban J connectivity index is 2.00. The smallest absolute Gasteiger partial charge is 0.262 e. The number of nitriles is 1. The second-order valence-corrected chi connectivity index (χ2v) is 5.47. The summed E-state index contributed by atoms with van der Waals surface area (Å²) >= 11 is 3.14. The van der Waals surface area contributed by atoms with Crippen LogP contribution >= 0.6 is 15.9 Å². The van der Waals surface area contributed by atoms with E-state index in [1.54, 1.807) is 24.3 Å². The zero-order valence-corrected chi connectivity index (χ0v) is 13.3. The molecule has 112 valence electrons. The second kappa shape index (κ2) is 7.05. The van der Waals surface area contributed by atoms with Crippen molar-refractivity contribution in [3.8, 4) is 11.8 Å². The maximum Gasteiger partial charge on any atom is 0.262 e. The molecule has 0 aliphatic heterocycles. The molecule has 6 heteroatoms. The molecule has 0 saturated carbocycles. The van der Waals surface area contributed by atoms with Crippen molar-refractivity contribution in [2.75, 3.05) is 11.9 Å². The Hall–Kier alpha value is -2.39. The van der Waals surface area contributed by atoms with Gasteiger partial charge in [0.15, 0.2) is 18.2 Å². The molecule has 0 saturated heterocycles. The molecular formula is C16H12BrFN2O2. The number of hydrogen-bond acceptors (Lipinski definition) is 3. The Bertz CT molecular complexity index is 756. The number of anilines is 1. The summed E-state index contributed by atoms with van der Waals surface area (Å²) in [5.74, 6) is -0.980. The average Bonchev–Trinajstić information content (AvgIpc) is 2.48. The first kappa shape index (κ1) is 16.0. The average molecular weight is 363 g/mol. The third-order valence-electron chi connectivity index (χ3n) is 2.89. The monoisotopic (exact) mass is 362 g/mol. The van der Waals surface area contributed by atoms with Gasteiger partial charge in [0.1, 0.15) is 0 Å². The van der Waals surface area contributed by atoms with E-state index in [2.05, 4.69) is 21.2 Å². The predicted octanol–water partition coefficient (Wildman–Crippen LogP) is 3.79. The maximum absolute atomic E-state index is 13.6. The predicted molar refractivity (Wildman–Crippen MR) is 84.1 cm³/mol. The van der Waals surface area contributed by atoms with Gasteiger partial charge >= 0.3 is 0 Å². The molecule has 0 spiro atoms. The first-order valence-electron chi connectivity index (χ1n) is 6.38. The van der Waals surface area contributed by atoms with Crippen molar-refractivity contribution in [2.45, 2.75) is 6.92 Å². The SMILES string of the molecule is Cc1ccc(C#N)cc1NC(=O)COc1ccc(Br)cc1F. The lowest BCUT2D eigenvalue weighted by Crippen LogP contribution is -2.21. The van der Waals surface area contributed by atoms with E-state index in [-0.39, 0.29) is 12.4 Å². The highest BCUT2D eigenvalue weighted by molar-refractivity contribution is 9.10. The van der Waals surface area contributed by atoms with Crippen molar-refractivity contribution in [3.63, 3.8) is 0 Å². The molecule has 0 heterocycles. The van der Waals surface area contributed by atoms with E-state index in [4.69, 9.17) is 10.00 Å². The minimum atomic E-state index is -0.551. The van der Waals surface area contributed by atoms with Crippen molar-refractivity contribution in [1.29, 1.82) is 5.26 Å². The minimum Gasteiger partial charge on any atom is -0.481 e. The van der Waals surface area contributed by atoms with Gasteiger partial charge < -0.3 is 10.1 Å². The van der Waals surface area contributed by atoms with Crippen LogP contribution in [0.5, 0.6) is 5.75 Å². The topological polar surface area (TPSA) is 62.1 Å². The molecular weight excluding hydrogens is 351 g/mol. The number of hydrogen-bond donors (Lipinski definition) is 1. The number of rotatable bonds is 4. The van der Waals surface area contributed by atoms with E-state index in [1.807, 2.05) is 13.0 Å². The van der Waals surface area contributed by atoms with Crippen LogP contribution in [0.15, 0.2) is 40.9 Å². The van der Waals surface area contributed by atoms with Gasteiger partial charge in [-0.15, -0.1) is 0 Å². The first-order valence-corrected chi connectivity index (χ1v) is 7.17. The van der Waals surface area contributed by atoms with Gasteiger partial charge in [-0.2, -0.15) is 5.26 Å². The molecule has 0 bridgehead atoms. The number of ether oxygens (including phenoxy) is 1. The lowest BCUT2D eigenvalue weighted by Gasteiger charge is -2.10. The zero-order valence-electron chi connectivity index (χ0n) is 11.7. The van der Waals surface area contributed by atoms with E-state index in [9.17, 15) is 9.18 Å². The summed E-state index contributed by atoms with van der Waals surface area (Å²) in [6, 6.07) is 11.3. The van der Waals surface area contributed by atoms with E-state index in [0.29, 0.717) is 15.7 Å². The van der Waals surface area contributed by atoms with Crippen molar-refractivity contribution < 1.29 is 13.9 Å². The summed E-state index contributed by atoms with van der Waals surface area (Å²) in [5.41, 5.74) is 1.80. The van der Waals surface area contributed by atoms with Crippen LogP contribution < -0.4 is 10.1 Å². The van der Waals surface area contributed by atoms with Crippen molar-refractivity contribution in [1.82, 2.24) is 0 Å². The Labute approximate surface area is 135 Å². The Morgan fingerprint density at radius 3 is 2.82 bits per heavy atom. The van der Waals surface area contributed by atoms with Gasteiger partial charge in [-0.25, -0.2) is 4.39 Å². The molecule has 1 amide bonds. The van der Waals surface area contributed by atoms with Crippen molar-refractivity contribution in [2.24, 2.45) is 0 Å². The molecule has 0 unspecified atom stereocenters. The van der Waals surface area contributed by atoms with Gasteiger partial charge in [0, 0.05) is 10.2 Å². The van der Waals surface area contributed by atoms with Gasteiger partial charge in [0.25, 0.3) is 5.91 Å². The highest BCUT2D eigenvalue weighted by Gasteiger charge is 2.09. The Morgan fingerprint density at radius 1 is 1.36 bits per heavy atom. The second-order valence-electron chi connectivity index (χ2n) is 4.55. The van der Waals surface area contributed by atoms with Crippen LogP contribution in [-0.4, -0.2) is 12.5 Å². The molecule has 2 aromatic rings. The number of aryl methyl sites for hydroxylation is 1. The molecule has 1 N–H and O–H groups in total. The third kappa shape index (κ3) is 4.06. The molecule has 0 atom stereocenters. The standard InChI is InChI=1S/C16H12BrFN2O2/c1-10-2-3-11(8-19)6-14(10)20-16(21)9-22-15-5-4-12(17)7-13(15)18/h2-7H,9H2,1H3,(H,20,21). The fourth-order valence-electron chi connectivity index (χ4n) is 1.75. The van der Waals surface area contributed by atoms with E-state index in [0.717, 1.165) is 5.56 Å². The summed E-state index contributed by atoms with van der Waals surface area (Å²) in [4.78, 5) is 11.9. The molecule has 22 heavy (non-hydrogen) atoms. The van der Waals surface area contributed by atoms with Crippen LogP contribution in [0.3, 0.4) is 0 Å². The van der Waals surface area contributed by atoms with Crippen LogP contribution in [0.4, 0.5) is 10.1 Å². The van der Waals surface area contributed by atoms with Gasteiger partial charge in [0.2, 0.25) is 0 Å². The van der Waals surface area contributed by atoms with Crippen LogP contribution in [-0.2, 0) is 4.79 Å². The van der Waals surface area contributed by atoms with Crippen molar-refractivity contribution in [3.05, 3.63) is 57.8 Å². The van der Waals surface area contributed by atoms with Crippen LogP contribution in [0.25, 0.3) is 0 Å². The molecule has 0 radical (unpaired) electrons. The molecule has 2 aromatic carbocycles. The maximum atomic E-state index is 13.6. The minimum absolute atomic E-state index is 0.000785. The normalized spacial score (nSPS) is 9.91. The Kier molecular flexibility index (Phi) is 5.12. The van der Waals surface area contributed by atoms with Crippen LogP contribution in [0, 0.1) is 24.1 Å².